The minimum atomic E-state index is 0.128. The summed E-state index contributed by atoms with van der Waals surface area (Å²) in [6.07, 6.45) is 0. The molecule has 0 bridgehead atoms. The lowest BCUT2D eigenvalue weighted by Crippen LogP contribution is -2.48. The number of amides is 1. The predicted molar refractivity (Wildman–Crippen MR) is 105 cm³/mol. The Morgan fingerprint density at radius 2 is 1.65 bits per heavy atom. The van der Waals surface area contributed by atoms with E-state index in [1.54, 1.807) is 7.11 Å². The number of hydrogen-bond acceptors (Lipinski definition) is 4. The van der Waals surface area contributed by atoms with E-state index in [2.05, 4.69) is 29.0 Å². The first-order chi connectivity index (χ1) is 12.7. The Morgan fingerprint density at radius 3 is 2.27 bits per heavy atom. The Kier molecular flexibility index (Phi) is 6.26. The number of methoxy groups -OCH3 is 1. The third kappa shape index (κ3) is 4.84. The first kappa shape index (κ1) is 18.4. The molecule has 1 heterocycles. The van der Waals surface area contributed by atoms with Crippen LogP contribution in [0, 0.1) is 0 Å². The van der Waals surface area contributed by atoms with Crippen molar-refractivity contribution in [1.29, 1.82) is 0 Å². The van der Waals surface area contributed by atoms with E-state index in [0.29, 0.717) is 13.1 Å². The largest absolute Gasteiger partial charge is 0.497 e. The van der Waals surface area contributed by atoms with Gasteiger partial charge in [-0.3, -0.25) is 9.69 Å². The van der Waals surface area contributed by atoms with Gasteiger partial charge in [-0.1, -0.05) is 30.3 Å². The maximum atomic E-state index is 13.1. The fourth-order valence-corrected chi connectivity index (χ4v) is 3.13. The topological polar surface area (TPSA) is 36.0 Å². The molecule has 0 unspecified atom stereocenters. The van der Waals surface area contributed by atoms with Crippen LogP contribution >= 0.6 is 0 Å². The number of piperazine rings is 1. The number of likely N-dealkylation sites (N-methyl/N-ethyl adjacent to an activating group) is 1. The van der Waals surface area contributed by atoms with Gasteiger partial charge in [-0.15, -0.1) is 0 Å². The van der Waals surface area contributed by atoms with Crippen molar-refractivity contribution in [1.82, 2.24) is 9.80 Å². The van der Waals surface area contributed by atoms with Gasteiger partial charge in [0, 0.05) is 31.9 Å². The van der Waals surface area contributed by atoms with Gasteiger partial charge in [0.1, 0.15) is 5.75 Å². The fraction of sp³-hybridized carbons (Fsp3) is 0.381. The second-order valence-corrected chi connectivity index (χ2v) is 6.74. The highest BCUT2D eigenvalue weighted by Crippen LogP contribution is 2.22. The van der Waals surface area contributed by atoms with Gasteiger partial charge in [0.2, 0.25) is 5.91 Å². The Morgan fingerprint density at radius 1 is 1.00 bits per heavy atom. The molecular weight excluding hydrogens is 326 g/mol. The molecule has 0 aliphatic carbocycles. The Balaban J connectivity index is 1.76. The number of carbonyl (C=O) groups excluding carboxylic acids is 1. The van der Waals surface area contributed by atoms with Crippen LogP contribution in [-0.4, -0.2) is 62.6 Å². The van der Waals surface area contributed by atoms with Crippen LogP contribution in [0.5, 0.6) is 5.75 Å². The predicted octanol–water partition coefficient (Wildman–Crippen LogP) is 2.48. The molecule has 0 spiro atoms. The smallest absolute Gasteiger partial charge is 0.241 e. The summed E-state index contributed by atoms with van der Waals surface area (Å²) in [6.45, 7) is 4.91. The third-order valence-electron chi connectivity index (χ3n) is 4.82. The molecule has 138 valence electrons. The lowest BCUT2D eigenvalue weighted by atomic mass is 10.2. The summed E-state index contributed by atoms with van der Waals surface area (Å²) in [5.74, 6) is 0.920. The molecule has 5 nitrogen and oxygen atoms in total. The van der Waals surface area contributed by atoms with Gasteiger partial charge in [0.15, 0.2) is 0 Å². The molecule has 0 atom stereocenters. The van der Waals surface area contributed by atoms with E-state index in [1.165, 1.54) is 0 Å². The maximum absolute atomic E-state index is 13.1. The van der Waals surface area contributed by atoms with Crippen molar-refractivity contribution in [2.75, 3.05) is 51.8 Å². The quantitative estimate of drug-likeness (QED) is 0.799. The highest BCUT2D eigenvalue weighted by molar-refractivity contribution is 5.94. The molecule has 0 aromatic heterocycles. The van der Waals surface area contributed by atoms with Gasteiger partial charge in [0.05, 0.1) is 20.2 Å². The molecule has 0 radical (unpaired) electrons. The van der Waals surface area contributed by atoms with E-state index in [1.807, 2.05) is 47.4 Å². The van der Waals surface area contributed by atoms with Crippen LogP contribution in [0.1, 0.15) is 5.56 Å². The molecule has 1 aliphatic heterocycles. The first-order valence-electron chi connectivity index (χ1n) is 9.05. The minimum absolute atomic E-state index is 0.128. The number of benzene rings is 2. The van der Waals surface area contributed by atoms with Crippen LogP contribution in [0.25, 0.3) is 0 Å². The molecule has 1 fully saturated rings. The molecule has 1 amide bonds. The van der Waals surface area contributed by atoms with Crippen molar-refractivity contribution in [2.24, 2.45) is 0 Å². The zero-order valence-electron chi connectivity index (χ0n) is 15.6. The van der Waals surface area contributed by atoms with Crippen LogP contribution in [0.4, 0.5) is 5.69 Å². The molecule has 5 heteroatoms. The number of rotatable bonds is 6. The molecular formula is C21H27N3O2. The molecule has 3 rings (SSSR count). The summed E-state index contributed by atoms with van der Waals surface area (Å²) < 4.78 is 5.24. The standard InChI is InChI=1S/C21H27N3O2/c1-22-12-14-23(15-13-22)17-21(25)24(16-18-6-4-3-5-7-18)19-8-10-20(26-2)11-9-19/h3-11H,12-17H2,1-2H3. The summed E-state index contributed by atoms with van der Waals surface area (Å²) in [5, 5.41) is 0. The maximum Gasteiger partial charge on any atom is 0.241 e. The number of nitrogens with zero attached hydrogens (tertiary/aromatic N) is 3. The SMILES string of the molecule is COc1ccc(N(Cc2ccccc2)C(=O)CN2CCN(C)CC2)cc1. The second kappa shape index (κ2) is 8.83. The fourth-order valence-electron chi connectivity index (χ4n) is 3.13. The molecule has 0 N–H and O–H groups in total. The van der Waals surface area contributed by atoms with E-state index >= 15 is 0 Å². The van der Waals surface area contributed by atoms with Gasteiger partial charge < -0.3 is 14.5 Å². The van der Waals surface area contributed by atoms with Crippen LogP contribution in [0.3, 0.4) is 0 Å². The number of carbonyl (C=O) groups is 1. The first-order valence-corrected chi connectivity index (χ1v) is 9.05. The third-order valence-corrected chi connectivity index (χ3v) is 4.82. The van der Waals surface area contributed by atoms with Gasteiger partial charge in [-0.25, -0.2) is 0 Å². The van der Waals surface area contributed by atoms with Crippen molar-refractivity contribution in [3.05, 3.63) is 60.2 Å². The Hall–Kier alpha value is -2.37. The molecule has 0 saturated carbocycles. The van der Waals surface area contributed by atoms with Crippen LogP contribution < -0.4 is 9.64 Å². The van der Waals surface area contributed by atoms with Crippen LogP contribution in [0.2, 0.25) is 0 Å². The Bertz CT molecular complexity index is 695. The van der Waals surface area contributed by atoms with E-state index in [-0.39, 0.29) is 5.91 Å². The summed E-state index contributed by atoms with van der Waals surface area (Å²) >= 11 is 0. The summed E-state index contributed by atoms with van der Waals surface area (Å²) in [4.78, 5) is 19.5. The average molecular weight is 353 g/mol. The average Bonchev–Trinajstić information content (AvgIpc) is 2.69. The van der Waals surface area contributed by atoms with Crippen molar-refractivity contribution >= 4 is 11.6 Å². The van der Waals surface area contributed by atoms with Gasteiger partial charge in [0.25, 0.3) is 0 Å². The van der Waals surface area contributed by atoms with E-state index in [9.17, 15) is 4.79 Å². The van der Waals surface area contributed by atoms with Crippen molar-refractivity contribution in [3.8, 4) is 5.75 Å². The zero-order chi connectivity index (χ0) is 18.4. The highest BCUT2D eigenvalue weighted by atomic mass is 16.5. The summed E-state index contributed by atoms with van der Waals surface area (Å²) in [6, 6.07) is 17.8. The lowest BCUT2D eigenvalue weighted by Gasteiger charge is -2.33. The summed E-state index contributed by atoms with van der Waals surface area (Å²) in [5.41, 5.74) is 2.02. The van der Waals surface area contributed by atoms with Crippen molar-refractivity contribution in [3.63, 3.8) is 0 Å². The van der Waals surface area contributed by atoms with Gasteiger partial charge >= 0.3 is 0 Å². The van der Waals surface area contributed by atoms with E-state index in [4.69, 9.17) is 4.74 Å². The van der Waals surface area contributed by atoms with E-state index < -0.39 is 0 Å². The second-order valence-electron chi connectivity index (χ2n) is 6.74. The van der Waals surface area contributed by atoms with Gasteiger partial charge in [-0.05, 0) is 36.9 Å². The monoisotopic (exact) mass is 353 g/mol. The van der Waals surface area contributed by atoms with Crippen LogP contribution in [-0.2, 0) is 11.3 Å². The zero-order valence-corrected chi connectivity index (χ0v) is 15.6. The normalized spacial score (nSPS) is 15.6. The van der Waals surface area contributed by atoms with Crippen LogP contribution in [0.15, 0.2) is 54.6 Å². The lowest BCUT2D eigenvalue weighted by molar-refractivity contribution is -0.120. The molecule has 2 aromatic carbocycles. The van der Waals surface area contributed by atoms with Crippen molar-refractivity contribution in [2.45, 2.75) is 6.54 Å². The molecule has 1 saturated heterocycles. The Labute approximate surface area is 155 Å². The number of anilines is 1. The van der Waals surface area contributed by atoms with Crippen molar-refractivity contribution < 1.29 is 9.53 Å². The molecule has 26 heavy (non-hydrogen) atoms. The molecule has 2 aromatic rings. The van der Waals surface area contributed by atoms with Gasteiger partial charge in [-0.2, -0.15) is 0 Å². The highest BCUT2D eigenvalue weighted by Gasteiger charge is 2.22. The summed E-state index contributed by atoms with van der Waals surface area (Å²) in [7, 11) is 3.77. The minimum Gasteiger partial charge on any atom is -0.497 e. The van der Waals surface area contributed by atoms with E-state index in [0.717, 1.165) is 43.2 Å². The molecule has 1 aliphatic rings. The number of hydrogen-bond donors (Lipinski definition) is 0. The number of ether oxygens (including phenoxy) is 1.